The fraction of sp³-hybridized carbons (Fsp3) is 0.273. The average molecular weight is 241 g/mol. The van der Waals surface area contributed by atoms with E-state index < -0.39 is 6.10 Å². The second-order valence-electron chi connectivity index (χ2n) is 3.23. The van der Waals surface area contributed by atoms with Crippen LogP contribution in [-0.2, 0) is 0 Å². The molecular formula is C11H13BrO. The topological polar surface area (TPSA) is 20.2 Å². The second-order valence-corrected chi connectivity index (χ2v) is 4.15. The molecule has 70 valence electrons. The lowest BCUT2D eigenvalue weighted by molar-refractivity contribution is 0.178. The van der Waals surface area contributed by atoms with Crippen molar-refractivity contribution in [1.82, 2.24) is 0 Å². The summed E-state index contributed by atoms with van der Waals surface area (Å²) in [5.74, 6) is 0. The molecule has 0 heterocycles. The van der Waals surface area contributed by atoms with Crippen LogP contribution in [-0.4, -0.2) is 5.11 Å². The normalized spacial score (nSPS) is 12.5. The smallest absolute Gasteiger partial charge is 0.0827 e. The molecule has 1 nitrogen and oxygen atoms in total. The Bertz CT molecular complexity index is 307. The zero-order chi connectivity index (χ0) is 9.84. The predicted octanol–water partition coefficient (Wildman–Crippen LogP) is 3.45. The zero-order valence-electron chi connectivity index (χ0n) is 7.63. The molecule has 1 aromatic carbocycles. The van der Waals surface area contributed by atoms with Gasteiger partial charge in [0, 0.05) is 4.47 Å². The first kappa shape index (κ1) is 10.5. The molecule has 1 atom stereocenters. The van der Waals surface area contributed by atoms with Crippen molar-refractivity contribution in [2.45, 2.75) is 19.4 Å². The predicted molar refractivity (Wildman–Crippen MR) is 58.5 cm³/mol. The Morgan fingerprint density at radius 1 is 1.62 bits per heavy atom. The van der Waals surface area contributed by atoms with Gasteiger partial charge in [0.25, 0.3) is 0 Å². The highest BCUT2D eigenvalue weighted by atomic mass is 79.9. The van der Waals surface area contributed by atoms with Gasteiger partial charge in [-0.25, -0.2) is 0 Å². The zero-order valence-corrected chi connectivity index (χ0v) is 9.21. The molecule has 2 heteroatoms. The number of hydrogen-bond donors (Lipinski definition) is 1. The Morgan fingerprint density at radius 3 is 2.85 bits per heavy atom. The fourth-order valence-corrected chi connectivity index (χ4v) is 1.58. The largest absolute Gasteiger partial charge is 0.388 e. The van der Waals surface area contributed by atoms with E-state index in [9.17, 15) is 5.11 Å². The minimum absolute atomic E-state index is 0.435. The van der Waals surface area contributed by atoms with E-state index in [1.165, 1.54) is 0 Å². The maximum atomic E-state index is 9.73. The number of halogens is 1. The van der Waals surface area contributed by atoms with Crippen LogP contribution in [0.2, 0.25) is 0 Å². The van der Waals surface area contributed by atoms with Crippen LogP contribution >= 0.6 is 15.9 Å². The van der Waals surface area contributed by atoms with Gasteiger partial charge in [-0.3, -0.25) is 0 Å². The van der Waals surface area contributed by atoms with Crippen LogP contribution in [0.3, 0.4) is 0 Å². The summed E-state index contributed by atoms with van der Waals surface area (Å²) >= 11 is 3.36. The van der Waals surface area contributed by atoms with E-state index in [4.69, 9.17) is 0 Å². The number of aliphatic hydroxyl groups is 1. The van der Waals surface area contributed by atoms with Gasteiger partial charge in [0.1, 0.15) is 0 Å². The summed E-state index contributed by atoms with van der Waals surface area (Å²) in [7, 11) is 0. The van der Waals surface area contributed by atoms with Crippen molar-refractivity contribution in [3.05, 3.63) is 46.5 Å². The lowest BCUT2D eigenvalue weighted by Gasteiger charge is -2.10. The van der Waals surface area contributed by atoms with E-state index in [2.05, 4.69) is 22.5 Å². The summed E-state index contributed by atoms with van der Waals surface area (Å²) < 4.78 is 0.991. The average Bonchev–Trinajstić information content (AvgIpc) is 2.03. The first-order valence-electron chi connectivity index (χ1n) is 4.17. The SMILES string of the molecule is C=C(C)CC(O)c1cccc(Br)c1. The number of benzene rings is 1. The standard InChI is InChI=1S/C11H13BrO/c1-8(2)6-11(13)9-4-3-5-10(12)7-9/h3-5,7,11,13H,1,6H2,2H3. The molecule has 0 radical (unpaired) electrons. The Labute approximate surface area is 87.2 Å². The summed E-state index contributed by atoms with van der Waals surface area (Å²) in [5.41, 5.74) is 1.92. The van der Waals surface area contributed by atoms with Crippen molar-refractivity contribution in [2.24, 2.45) is 0 Å². The van der Waals surface area contributed by atoms with Crippen molar-refractivity contribution in [3.8, 4) is 0 Å². The number of hydrogen-bond acceptors (Lipinski definition) is 1. The molecule has 1 N–H and O–H groups in total. The van der Waals surface area contributed by atoms with Gasteiger partial charge in [0.2, 0.25) is 0 Å². The van der Waals surface area contributed by atoms with Crippen molar-refractivity contribution in [2.75, 3.05) is 0 Å². The molecule has 0 saturated carbocycles. The van der Waals surface area contributed by atoms with Gasteiger partial charge in [0.15, 0.2) is 0 Å². The molecule has 0 aliphatic rings. The highest BCUT2D eigenvalue weighted by molar-refractivity contribution is 9.10. The third-order valence-corrected chi connectivity index (χ3v) is 2.27. The first-order chi connectivity index (χ1) is 6.09. The Balaban J connectivity index is 2.76. The monoisotopic (exact) mass is 240 g/mol. The third-order valence-electron chi connectivity index (χ3n) is 1.78. The highest BCUT2D eigenvalue weighted by Crippen LogP contribution is 2.22. The summed E-state index contributed by atoms with van der Waals surface area (Å²) in [6, 6.07) is 7.70. The summed E-state index contributed by atoms with van der Waals surface area (Å²) in [6.07, 6.45) is 0.186. The molecule has 1 unspecified atom stereocenters. The maximum absolute atomic E-state index is 9.73. The van der Waals surface area contributed by atoms with Crippen LogP contribution in [0.4, 0.5) is 0 Å². The van der Waals surface area contributed by atoms with E-state index in [1.54, 1.807) is 0 Å². The molecule has 1 aromatic rings. The molecule has 1 rings (SSSR count). The van der Waals surface area contributed by atoms with Crippen LogP contribution in [0.25, 0.3) is 0 Å². The van der Waals surface area contributed by atoms with Crippen LogP contribution in [0.5, 0.6) is 0 Å². The van der Waals surface area contributed by atoms with Gasteiger partial charge in [-0.2, -0.15) is 0 Å². The fourth-order valence-electron chi connectivity index (χ4n) is 1.16. The van der Waals surface area contributed by atoms with Gasteiger partial charge in [0.05, 0.1) is 6.10 Å². The first-order valence-corrected chi connectivity index (χ1v) is 4.97. The second kappa shape index (κ2) is 4.58. The maximum Gasteiger partial charge on any atom is 0.0827 e. The molecule has 13 heavy (non-hydrogen) atoms. The van der Waals surface area contributed by atoms with Crippen LogP contribution in [0.1, 0.15) is 25.0 Å². The summed E-state index contributed by atoms with van der Waals surface area (Å²) in [4.78, 5) is 0. The van der Waals surface area contributed by atoms with E-state index in [-0.39, 0.29) is 0 Å². The van der Waals surface area contributed by atoms with E-state index in [0.29, 0.717) is 6.42 Å². The van der Waals surface area contributed by atoms with Gasteiger partial charge in [-0.05, 0) is 31.0 Å². The van der Waals surface area contributed by atoms with Gasteiger partial charge in [-0.15, -0.1) is 6.58 Å². The molecular weight excluding hydrogens is 228 g/mol. The minimum Gasteiger partial charge on any atom is -0.388 e. The Kier molecular flexibility index (Phi) is 3.70. The molecule has 0 aliphatic heterocycles. The van der Waals surface area contributed by atoms with Gasteiger partial charge in [-0.1, -0.05) is 33.6 Å². The molecule has 0 amide bonds. The van der Waals surface area contributed by atoms with Crippen molar-refractivity contribution in [3.63, 3.8) is 0 Å². The minimum atomic E-state index is -0.435. The van der Waals surface area contributed by atoms with Crippen molar-refractivity contribution in [1.29, 1.82) is 0 Å². The molecule has 0 fully saturated rings. The Morgan fingerprint density at radius 2 is 2.31 bits per heavy atom. The van der Waals surface area contributed by atoms with Gasteiger partial charge >= 0.3 is 0 Å². The number of aliphatic hydroxyl groups excluding tert-OH is 1. The van der Waals surface area contributed by atoms with E-state index in [1.807, 2.05) is 31.2 Å². The molecule has 0 spiro atoms. The summed E-state index contributed by atoms with van der Waals surface area (Å²) in [6.45, 7) is 5.69. The van der Waals surface area contributed by atoms with Crippen LogP contribution in [0.15, 0.2) is 40.9 Å². The Hall–Kier alpha value is -0.600. The van der Waals surface area contributed by atoms with Crippen LogP contribution in [0, 0.1) is 0 Å². The van der Waals surface area contributed by atoms with Crippen molar-refractivity contribution >= 4 is 15.9 Å². The lowest BCUT2D eigenvalue weighted by atomic mass is 10.0. The van der Waals surface area contributed by atoms with E-state index in [0.717, 1.165) is 15.6 Å². The third kappa shape index (κ3) is 3.33. The molecule has 0 aromatic heterocycles. The van der Waals surface area contributed by atoms with Crippen molar-refractivity contribution < 1.29 is 5.11 Å². The molecule has 0 saturated heterocycles. The molecule has 0 bridgehead atoms. The van der Waals surface area contributed by atoms with E-state index >= 15 is 0 Å². The summed E-state index contributed by atoms with van der Waals surface area (Å²) in [5, 5.41) is 9.73. The lowest BCUT2D eigenvalue weighted by Crippen LogP contribution is -1.97. The highest BCUT2D eigenvalue weighted by Gasteiger charge is 2.06. The number of rotatable bonds is 3. The van der Waals surface area contributed by atoms with Crippen LogP contribution < -0.4 is 0 Å². The molecule has 0 aliphatic carbocycles. The van der Waals surface area contributed by atoms with Gasteiger partial charge < -0.3 is 5.11 Å². The quantitative estimate of drug-likeness (QED) is 0.803.